The number of nitrogens with zero attached hydrogens (tertiary/aromatic N) is 1. The average molecular weight is 325 g/mol. The molecule has 2 rings (SSSR count). The molecule has 5 nitrogen and oxygen atoms in total. The van der Waals surface area contributed by atoms with E-state index in [1.165, 1.54) is 11.3 Å². The van der Waals surface area contributed by atoms with Crippen LogP contribution in [0, 0.1) is 6.92 Å². The molecule has 21 heavy (non-hydrogen) atoms. The SMILES string of the molecule is CCCNCc1ccc(C)c(S(=O)(=O)Nc2nccs2)c1. The van der Waals surface area contributed by atoms with Gasteiger partial charge in [-0.1, -0.05) is 19.1 Å². The summed E-state index contributed by atoms with van der Waals surface area (Å²) in [5.41, 5.74) is 1.67. The Labute approximate surface area is 129 Å². The minimum Gasteiger partial charge on any atom is -0.313 e. The molecule has 0 aliphatic heterocycles. The van der Waals surface area contributed by atoms with Crippen LogP contribution >= 0.6 is 11.3 Å². The van der Waals surface area contributed by atoms with Gasteiger partial charge in [-0.2, -0.15) is 0 Å². The highest BCUT2D eigenvalue weighted by molar-refractivity contribution is 7.93. The first-order chi connectivity index (χ1) is 10.0. The first-order valence-corrected chi connectivity index (χ1v) is 9.12. The molecule has 7 heteroatoms. The molecular formula is C14H19N3O2S2. The molecule has 2 N–H and O–H groups in total. The van der Waals surface area contributed by atoms with Gasteiger partial charge in [-0.05, 0) is 37.1 Å². The van der Waals surface area contributed by atoms with E-state index < -0.39 is 10.0 Å². The van der Waals surface area contributed by atoms with Crippen LogP contribution in [0.5, 0.6) is 0 Å². The smallest absolute Gasteiger partial charge is 0.263 e. The Morgan fingerprint density at radius 2 is 2.14 bits per heavy atom. The average Bonchev–Trinajstić information content (AvgIpc) is 2.93. The zero-order valence-corrected chi connectivity index (χ0v) is 13.7. The molecule has 0 aliphatic rings. The highest BCUT2D eigenvalue weighted by Crippen LogP contribution is 2.21. The summed E-state index contributed by atoms with van der Waals surface area (Å²) in [6.45, 7) is 5.46. The van der Waals surface area contributed by atoms with Crippen molar-refractivity contribution >= 4 is 26.5 Å². The third-order valence-electron chi connectivity index (χ3n) is 2.95. The van der Waals surface area contributed by atoms with Crippen LogP contribution in [0.1, 0.15) is 24.5 Å². The molecule has 0 saturated heterocycles. The maximum atomic E-state index is 12.4. The summed E-state index contributed by atoms with van der Waals surface area (Å²) >= 11 is 1.26. The summed E-state index contributed by atoms with van der Waals surface area (Å²) in [5, 5.41) is 5.38. The van der Waals surface area contributed by atoms with E-state index >= 15 is 0 Å². The van der Waals surface area contributed by atoms with Crippen molar-refractivity contribution in [2.45, 2.75) is 31.7 Å². The van der Waals surface area contributed by atoms with Crippen LogP contribution in [0.3, 0.4) is 0 Å². The number of hydrogen-bond acceptors (Lipinski definition) is 5. The zero-order chi connectivity index (χ0) is 15.3. The van der Waals surface area contributed by atoms with E-state index in [0.717, 1.165) is 24.1 Å². The first kappa shape index (κ1) is 15.9. The number of aryl methyl sites for hydroxylation is 1. The fourth-order valence-corrected chi connectivity index (χ4v) is 3.98. The van der Waals surface area contributed by atoms with Crippen LogP contribution in [0.2, 0.25) is 0 Å². The van der Waals surface area contributed by atoms with E-state index in [9.17, 15) is 8.42 Å². The van der Waals surface area contributed by atoms with Crippen molar-refractivity contribution in [3.63, 3.8) is 0 Å². The number of benzene rings is 1. The molecule has 0 unspecified atom stereocenters. The molecule has 0 saturated carbocycles. The maximum absolute atomic E-state index is 12.4. The monoisotopic (exact) mass is 325 g/mol. The van der Waals surface area contributed by atoms with Crippen LogP contribution in [0.25, 0.3) is 0 Å². The van der Waals surface area contributed by atoms with Gasteiger partial charge in [-0.3, -0.25) is 4.72 Å². The topological polar surface area (TPSA) is 71.1 Å². The Morgan fingerprint density at radius 1 is 1.33 bits per heavy atom. The van der Waals surface area contributed by atoms with Gasteiger partial charge in [0.05, 0.1) is 4.90 Å². The van der Waals surface area contributed by atoms with Gasteiger partial charge >= 0.3 is 0 Å². The number of rotatable bonds is 7. The van der Waals surface area contributed by atoms with E-state index in [1.807, 2.05) is 12.1 Å². The molecule has 1 aromatic heterocycles. The molecule has 0 bridgehead atoms. The van der Waals surface area contributed by atoms with E-state index in [-0.39, 0.29) is 0 Å². The van der Waals surface area contributed by atoms with E-state index in [1.54, 1.807) is 24.6 Å². The van der Waals surface area contributed by atoms with Gasteiger partial charge in [0.2, 0.25) is 0 Å². The molecule has 0 aliphatic carbocycles. The molecule has 0 atom stereocenters. The first-order valence-electron chi connectivity index (χ1n) is 6.75. The number of thiazole rings is 1. The molecule has 0 fully saturated rings. The Morgan fingerprint density at radius 3 is 2.81 bits per heavy atom. The zero-order valence-electron chi connectivity index (χ0n) is 12.1. The summed E-state index contributed by atoms with van der Waals surface area (Å²) in [6.07, 6.45) is 2.61. The summed E-state index contributed by atoms with van der Waals surface area (Å²) < 4.78 is 27.4. The normalized spacial score (nSPS) is 11.5. The predicted molar refractivity (Wildman–Crippen MR) is 86.1 cm³/mol. The van der Waals surface area contributed by atoms with Gasteiger partial charge in [-0.25, -0.2) is 13.4 Å². The van der Waals surface area contributed by atoms with Crippen molar-refractivity contribution in [2.24, 2.45) is 0 Å². The third-order valence-corrected chi connectivity index (χ3v) is 5.25. The molecule has 1 aromatic carbocycles. The van der Waals surface area contributed by atoms with Gasteiger partial charge in [-0.15, -0.1) is 11.3 Å². The van der Waals surface area contributed by atoms with Crippen LogP contribution < -0.4 is 10.0 Å². The van der Waals surface area contributed by atoms with E-state index in [2.05, 4.69) is 21.9 Å². The van der Waals surface area contributed by atoms with E-state index in [0.29, 0.717) is 16.6 Å². The predicted octanol–water partition coefficient (Wildman–Crippen LogP) is 2.75. The minimum absolute atomic E-state index is 0.300. The molecule has 0 amide bonds. The van der Waals surface area contributed by atoms with Crippen molar-refractivity contribution in [1.82, 2.24) is 10.3 Å². The largest absolute Gasteiger partial charge is 0.313 e. The third kappa shape index (κ3) is 4.26. The summed E-state index contributed by atoms with van der Waals surface area (Å²) in [4.78, 5) is 4.26. The molecule has 0 radical (unpaired) electrons. The molecule has 0 spiro atoms. The van der Waals surface area contributed by atoms with Gasteiger partial charge in [0.25, 0.3) is 10.0 Å². The van der Waals surface area contributed by atoms with Crippen molar-refractivity contribution in [1.29, 1.82) is 0 Å². The molecule has 114 valence electrons. The van der Waals surface area contributed by atoms with Crippen LogP contribution in [0.4, 0.5) is 5.13 Å². The minimum atomic E-state index is -3.60. The van der Waals surface area contributed by atoms with Gasteiger partial charge in [0.15, 0.2) is 5.13 Å². The lowest BCUT2D eigenvalue weighted by Crippen LogP contribution is -2.17. The van der Waals surface area contributed by atoms with Crippen LogP contribution in [0.15, 0.2) is 34.7 Å². The maximum Gasteiger partial charge on any atom is 0.263 e. The van der Waals surface area contributed by atoms with Crippen molar-refractivity contribution in [2.75, 3.05) is 11.3 Å². The van der Waals surface area contributed by atoms with Crippen molar-refractivity contribution in [3.05, 3.63) is 40.9 Å². The standard InChI is InChI=1S/C14H19N3O2S2/c1-3-6-15-10-12-5-4-11(2)13(9-12)21(18,19)17-14-16-7-8-20-14/h4-5,7-9,15H,3,6,10H2,1-2H3,(H,16,17). The number of sulfonamides is 1. The van der Waals surface area contributed by atoms with E-state index in [4.69, 9.17) is 0 Å². The molecule has 1 heterocycles. The summed E-state index contributed by atoms with van der Waals surface area (Å²) in [6, 6.07) is 5.49. The van der Waals surface area contributed by atoms with Crippen LogP contribution in [-0.2, 0) is 16.6 Å². The number of hydrogen-bond donors (Lipinski definition) is 2. The Hall–Kier alpha value is -1.44. The van der Waals surface area contributed by atoms with Gasteiger partial charge in [0, 0.05) is 18.1 Å². The van der Waals surface area contributed by atoms with Gasteiger partial charge < -0.3 is 5.32 Å². The lowest BCUT2D eigenvalue weighted by atomic mass is 10.1. The number of anilines is 1. The summed E-state index contributed by atoms with van der Waals surface area (Å²) in [5.74, 6) is 0. The highest BCUT2D eigenvalue weighted by atomic mass is 32.2. The quantitative estimate of drug-likeness (QED) is 0.768. The summed E-state index contributed by atoms with van der Waals surface area (Å²) in [7, 11) is -3.60. The Bertz CT molecular complexity index is 682. The second-order valence-corrected chi connectivity index (χ2v) is 7.26. The lowest BCUT2D eigenvalue weighted by molar-refractivity contribution is 0.600. The highest BCUT2D eigenvalue weighted by Gasteiger charge is 2.18. The number of aromatic nitrogens is 1. The fraction of sp³-hybridized carbons (Fsp3) is 0.357. The van der Waals surface area contributed by atoms with Crippen molar-refractivity contribution < 1.29 is 8.42 Å². The second-order valence-electron chi connectivity index (χ2n) is 4.72. The second kappa shape index (κ2) is 7.02. The van der Waals surface area contributed by atoms with Crippen molar-refractivity contribution in [3.8, 4) is 0 Å². The molecule has 2 aromatic rings. The lowest BCUT2D eigenvalue weighted by Gasteiger charge is -2.11. The Kier molecular flexibility index (Phi) is 5.33. The Balaban J connectivity index is 2.22. The molecular weight excluding hydrogens is 306 g/mol. The fourth-order valence-electron chi connectivity index (χ4n) is 1.90. The van der Waals surface area contributed by atoms with Crippen LogP contribution in [-0.4, -0.2) is 19.9 Å². The van der Waals surface area contributed by atoms with Gasteiger partial charge in [0.1, 0.15) is 0 Å². The number of nitrogens with one attached hydrogen (secondary N) is 2.